The molecule has 3 rings (SSSR count). The second kappa shape index (κ2) is 8.82. The fourth-order valence-corrected chi connectivity index (χ4v) is 3.81. The Morgan fingerprint density at radius 3 is 2.64 bits per heavy atom. The molecule has 1 fully saturated rings. The first-order chi connectivity index (χ1) is 13.3. The van der Waals surface area contributed by atoms with Crippen LogP contribution >= 0.6 is 11.8 Å². The largest absolute Gasteiger partial charge is 0.349 e. The molecule has 1 aromatic carbocycles. The number of carbonyl (C=O) groups is 2. The molecular weight excluding hydrogens is 372 g/mol. The van der Waals surface area contributed by atoms with Gasteiger partial charge in [-0.25, -0.2) is 4.98 Å². The van der Waals surface area contributed by atoms with Crippen LogP contribution in [0.4, 0.5) is 5.69 Å². The van der Waals surface area contributed by atoms with Crippen LogP contribution in [0.3, 0.4) is 0 Å². The zero-order valence-electron chi connectivity index (χ0n) is 16.9. The Morgan fingerprint density at radius 2 is 1.96 bits per heavy atom. The number of nitrogens with one attached hydrogen (secondary N) is 2. The lowest BCUT2D eigenvalue weighted by atomic mass is 10.1. The molecule has 2 N–H and O–H groups in total. The first kappa shape index (κ1) is 20.5. The highest BCUT2D eigenvalue weighted by atomic mass is 32.2. The Hall–Kier alpha value is -2.28. The van der Waals surface area contributed by atoms with E-state index in [2.05, 4.69) is 41.0 Å². The molecule has 1 aliphatic rings. The van der Waals surface area contributed by atoms with E-state index < -0.39 is 0 Å². The van der Waals surface area contributed by atoms with E-state index in [1.165, 1.54) is 11.8 Å². The summed E-state index contributed by atoms with van der Waals surface area (Å²) in [4.78, 5) is 29.5. The number of aromatic nitrogens is 2. The van der Waals surface area contributed by atoms with Gasteiger partial charge in [0.2, 0.25) is 5.91 Å². The number of thioether (sulfide) groups is 1. The highest BCUT2D eigenvalue weighted by Gasteiger charge is 2.25. The zero-order valence-corrected chi connectivity index (χ0v) is 17.7. The molecule has 0 saturated heterocycles. The molecule has 2 amide bonds. The second-order valence-electron chi connectivity index (χ2n) is 7.70. The Morgan fingerprint density at radius 1 is 1.25 bits per heavy atom. The van der Waals surface area contributed by atoms with Gasteiger partial charge in [-0.15, -0.1) is 0 Å². The first-order valence-corrected chi connectivity index (χ1v) is 10.7. The maximum atomic E-state index is 12.5. The third-order valence-electron chi connectivity index (χ3n) is 4.66. The van der Waals surface area contributed by atoms with E-state index in [1.54, 1.807) is 18.2 Å². The maximum Gasteiger partial charge on any atom is 0.253 e. The molecule has 0 radical (unpaired) electrons. The van der Waals surface area contributed by atoms with Crippen molar-refractivity contribution in [3.05, 3.63) is 41.2 Å². The van der Waals surface area contributed by atoms with Crippen LogP contribution in [0.25, 0.3) is 0 Å². The number of aryl methyl sites for hydroxylation is 1. The van der Waals surface area contributed by atoms with Crippen LogP contribution in [0.2, 0.25) is 0 Å². The number of amides is 2. The van der Waals surface area contributed by atoms with Crippen molar-refractivity contribution >= 4 is 29.3 Å². The predicted octanol–water partition coefficient (Wildman–Crippen LogP) is 3.78. The highest BCUT2D eigenvalue weighted by Crippen LogP contribution is 2.24. The van der Waals surface area contributed by atoms with E-state index >= 15 is 0 Å². The lowest BCUT2D eigenvalue weighted by molar-refractivity contribution is -0.113. The molecule has 0 bridgehead atoms. The summed E-state index contributed by atoms with van der Waals surface area (Å²) in [5.41, 5.74) is 3.18. The summed E-state index contributed by atoms with van der Waals surface area (Å²) in [5.74, 6) is 0.459. The summed E-state index contributed by atoms with van der Waals surface area (Å²) in [6.07, 6.45) is 2.05. The minimum atomic E-state index is -0.147. The normalized spacial score (nSPS) is 13.6. The van der Waals surface area contributed by atoms with E-state index in [9.17, 15) is 9.59 Å². The number of rotatable bonds is 8. The van der Waals surface area contributed by atoms with Crippen LogP contribution in [0.15, 0.2) is 29.4 Å². The lowest BCUT2D eigenvalue weighted by Gasteiger charge is -2.13. The summed E-state index contributed by atoms with van der Waals surface area (Å²) < 4.78 is 2.18. The third kappa shape index (κ3) is 5.16. The van der Waals surface area contributed by atoms with Gasteiger partial charge in [0.1, 0.15) is 0 Å². The van der Waals surface area contributed by atoms with Gasteiger partial charge in [-0.1, -0.05) is 37.7 Å². The van der Waals surface area contributed by atoms with Crippen molar-refractivity contribution < 1.29 is 9.59 Å². The Balaban J connectivity index is 1.64. The van der Waals surface area contributed by atoms with Gasteiger partial charge < -0.3 is 15.2 Å². The topological polar surface area (TPSA) is 76.0 Å². The van der Waals surface area contributed by atoms with E-state index in [1.807, 2.05) is 13.0 Å². The van der Waals surface area contributed by atoms with Crippen molar-refractivity contribution in [1.29, 1.82) is 0 Å². The van der Waals surface area contributed by atoms with Crippen LogP contribution in [0.5, 0.6) is 0 Å². The molecule has 1 heterocycles. The highest BCUT2D eigenvalue weighted by molar-refractivity contribution is 7.99. The average Bonchev–Trinajstić information content (AvgIpc) is 3.42. The van der Waals surface area contributed by atoms with Crippen LogP contribution in [-0.2, 0) is 11.3 Å². The zero-order chi connectivity index (χ0) is 20.3. The van der Waals surface area contributed by atoms with E-state index in [-0.39, 0.29) is 23.6 Å². The average molecular weight is 401 g/mol. The third-order valence-corrected chi connectivity index (χ3v) is 5.64. The number of nitrogens with zero attached hydrogens (tertiary/aromatic N) is 2. The number of carbonyl (C=O) groups excluding carboxylic acids is 2. The van der Waals surface area contributed by atoms with Gasteiger partial charge in [-0.05, 0) is 44.7 Å². The molecule has 1 aromatic heterocycles. The summed E-state index contributed by atoms with van der Waals surface area (Å²) in [6.45, 7) is 9.26. The number of anilines is 1. The number of hydrogen-bond acceptors (Lipinski definition) is 4. The van der Waals surface area contributed by atoms with Crippen LogP contribution < -0.4 is 10.6 Å². The van der Waals surface area contributed by atoms with Crippen molar-refractivity contribution in [3.8, 4) is 0 Å². The molecule has 6 nitrogen and oxygen atoms in total. The number of imidazole rings is 1. The van der Waals surface area contributed by atoms with Crippen molar-refractivity contribution in [2.24, 2.45) is 5.92 Å². The van der Waals surface area contributed by atoms with Gasteiger partial charge in [0.15, 0.2) is 5.16 Å². The standard InChI is InChI=1S/C21H28N4O2S/c1-13(2)11-25-15(4)14(3)22-21(25)28-12-19(26)24-18-8-6-5-7-17(18)20(27)23-16-9-10-16/h5-8,13,16H,9-12H2,1-4H3,(H,23,27)(H,24,26). The summed E-state index contributed by atoms with van der Waals surface area (Å²) in [5, 5.41) is 6.71. The molecule has 150 valence electrons. The molecule has 1 saturated carbocycles. The Bertz CT molecular complexity index is 871. The van der Waals surface area contributed by atoms with Crippen molar-refractivity contribution in [3.63, 3.8) is 0 Å². The maximum absolute atomic E-state index is 12.5. The van der Waals surface area contributed by atoms with Gasteiger partial charge in [0, 0.05) is 18.3 Å². The van der Waals surface area contributed by atoms with E-state index in [0.29, 0.717) is 17.2 Å². The smallest absolute Gasteiger partial charge is 0.253 e. The number of benzene rings is 1. The molecule has 2 aromatic rings. The van der Waals surface area contributed by atoms with Crippen LogP contribution in [-0.4, -0.2) is 33.2 Å². The van der Waals surface area contributed by atoms with Gasteiger partial charge in [0.05, 0.1) is 22.7 Å². The van der Waals surface area contributed by atoms with Crippen LogP contribution in [0, 0.1) is 19.8 Å². The van der Waals surface area contributed by atoms with E-state index in [0.717, 1.165) is 35.9 Å². The van der Waals surface area contributed by atoms with Crippen LogP contribution in [0.1, 0.15) is 48.4 Å². The summed E-state index contributed by atoms with van der Waals surface area (Å²) in [7, 11) is 0. The molecule has 0 aliphatic heterocycles. The minimum absolute atomic E-state index is 0.134. The predicted molar refractivity (Wildman–Crippen MR) is 113 cm³/mol. The molecule has 0 unspecified atom stereocenters. The number of hydrogen-bond donors (Lipinski definition) is 2. The van der Waals surface area contributed by atoms with Gasteiger partial charge in [0.25, 0.3) is 5.91 Å². The summed E-state index contributed by atoms with van der Waals surface area (Å²) >= 11 is 1.43. The van der Waals surface area contributed by atoms with Gasteiger partial charge in [-0.2, -0.15) is 0 Å². The van der Waals surface area contributed by atoms with Crippen molar-refractivity contribution in [1.82, 2.24) is 14.9 Å². The fourth-order valence-electron chi connectivity index (χ4n) is 2.91. The Kier molecular flexibility index (Phi) is 6.44. The van der Waals surface area contributed by atoms with E-state index in [4.69, 9.17) is 0 Å². The lowest BCUT2D eigenvalue weighted by Crippen LogP contribution is -2.27. The molecule has 28 heavy (non-hydrogen) atoms. The monoisotopic (exact) mass is 400 g/mol. The molecular formula is C21H28N4O2S. The first-order valence-electron chi connectivity index (χ1n) is 9.71. The minimum Gasteiger partial charge on any atom is -0.349 e. The molecule has 1 aliphatic carbocycles. The molecule has 0 spiro atoms. The van der Waals surface area contributed by atoms with Gasteiger partial charge >= 0.3 is 0 Å². The van der Waals surface area contributed by atoms with Crippen molar-refractivity contribution in [2.45, 2.75) is 58.3 Å². The van der Waals surface area contributed by atoms with Crippen molar-refractivity contribution in [2.75, 3.05) is 11.1 Å². The quantitative estimate of drug-likeness (QED) is 0.661. The Labute approximate surface area is 170 Å². The molecule has 7 heteroatoms. The SMILES string of the molecule is Cc1nc(SCC(=O)Nc2ccccc2C(=O)NC2CC2)n(CC(C)C)c1C. The second-order valence-corrected chi connectivity index (χ2v) is 8.64. The number of para-hydroxylation sites is 1. The fraction of sp³-hybridized carbons (Fsp3) is 0.476. The summed E-state index contributed by atoms with van der Waals surface area (Å²) in [6, 6.07) is 7.40. The molecule has 0 atom stereocenters. The van der Waals surface area contributed by atoms with Gasteiger partial charge in [-0.3, -0.25) is 9.59 Å².